The molecule has 43 heavy (non-hydrogen) atoms. The van der Waals surface area contributed by atoms with E-state index in [0.717, 1.165) is 21.9 Å². The SMILES string of the molecule is c1ccc(-c2ccccc2-c2ccc3oc4ccccc4c3c2-c2cccc3c4ccccc4c4ccccc4c23)cc1. The summed E-state index contributed by atoms with van der Waals surface area (Å²) in [5, 5.41) is 9.91. The maximum Gasteiger partial charge on any atom is 0.136 e. The summed E-state index contributed by atoms with van der Waals surface area (Å²) in [4.78, 5) is 0. The molecule has 0 radical (unpaired) electrons. The second-order valence-electron chi connectivity index (χ2n) is 11.2. The van der Waals surface area contributed by atoms with Crippen LogP contribution in [-0.2, 0) is 0 Å². The van der Waals surface area contributed by atoms with Gasteiger partial charge in [-0.2, -0.15) is 0 Å². The van der Waals surface area contributed by atoms with Crippen LogP contribution in [0.3, 0.4) is 0 Å². The van der Waals surface area contributed by atoms with Crippen LogP contribution < -0.4 is 0 Å². The molecule has 9 rings (SSSR count). The first-order valence-electron chi connectivity index (χ1n) is 14.8. The molecule has 0 aliphatic heterocycles. The Balaban J connectivity index is 1.50. The van der Waals surface area contributed by atoms with Crippen molar-refractivity contribution in [2.75, 3.05) is 0 Å². The molecule has 0 amide bonds. The number of furan rings is 1. The third kappa shape index (κ3) is 3.58. The van der Waals surface area contributed by atoms with Crippen LogP contribution in [0.25, 0.3) is 87.6 Å². The molecule has 0 bridgehead atoms. The van der Waals surface area contributed by atoms with Crippen molar-refractivity contribution in [1.29, 1.82) is 0 Å². The van der Waals surface area contributed by atoms with E-state index < -0.39 is 0 Å². The second kappa shape index (κ2) is 9.44. The lowest BCUT2D eigenvalue weighted by atomic mass is 9.83. The lowest BCUT2D eigenvalue weighted by molar-refractivity contribution is 0.669. The first-order valence-corrected chi connectivity index (χ1v) is 14.8. The monoisotopic (exact) mass is 546 g/mol. The molecule has 0 unspecified atom stereocenters. The third-order valence-electron chi connectivity index (χ3n) is 8.88. The Bertz CT molecular complexity index is 2450. The summed E-state index contributed by atoms with van der Waals surface area (Å²) in [6.07, 6.45) is 0. The summed E-state index contributed by atoms with van der Waals surface area (Å²) in [6, 6.07) is 56.7. The van der Waals surface area contributed by atoms with Crippen LogP contribution in [0, 0.1) is 0 Å². The highest BCUT2D eigenvalue weighted by molar-refractivity contribution is 6.30. The molecule has 0 fully saturated rings. The Morgan fingerprint density at radius 3 is 1.56 bits per heavy atom. The van der Waals surface area contributed by atoms with Crippen LogP contribution >= 0.6 is 0 Å². The molecule has 0 N–H and O–H groups in total. The molecule has 8 aromatic carbocycles. The predicted octanol–water partition coefficient (Wildman–Crippen LogP) is 12.0. The van der Waals surface area contributed by atoms with Crippen molar-refractivity contribution in [3.05, 3.63) is 158 Å². The molecule has 200 valence electrons. The normalized spacial score (nSPS) is 11.7. The zero-order valence-corrected chi connectivity index (χ0v) is 23.4. The molecule has 0 saturated carbocycles. The van der Waals surface area contributed by atoms with Gasteiger partial charge in [-0.15, -0.1) is 0 Å². The van der Waals surface area contributed by atoms with Gasteiger partial charge in [0.1, 0.15) is 11.2 Å². The van der Waals surface area contributed by atoms with Gasteiger partial charge in [-0.1, -0.05) is 140 Å². The quantitative estimate of drug-likeness (QED) is 0.201. The fourth-order valence-corrected chi connectivity index (χ4v) is 7.07. The van der Waals surface area contributed by atoms with Crippen molar-refractivity contribution in [3.8, 4) is 33.4 Å². The number of para-hydroxylation sites is 1. The molecule has 9 aromatic rings. The van der Waals surface area contributed by atoms with Crippen molar-refractivity contribution >= 4 is 54.3 Å². The molecular weight excluding hydrogens is 520 g/mol. The summed E-state index contributed by atoms with van der Waals surface area (Å²) in [5.41, 5.74) is 9.05. The highest BCUT2D eigenvalue weighted by atomic mass is 16.3. The van der Waals surface area contributed by atoms with Gasteiger partial charge in [-0.25, -0.2) is 0 Å². The van der Waals surface area contributed by atoms with Gasteiger partial charge in [0.25, 0.3) is 0 Å². The number of rotatable bonds is 3. The highest BCUT2D eigenvalue weighted by Gasteiger charge is 2.22. The zero-order valence-electron chi connectivity index (χ0n) is 23.4. The average molecular weight is 547 g/mol. The van der Waals surface area contributed by atoms with E-state index in [4.69, 9.17) is 4.42 Å². The summed E-state index contributed by atoms with van der Waals surface area (Å²) in [7, 11) is 0. The molecule has 1 aromatic heterocycles. The van der Waals surface area contributed by atoms with Crippen molar-refractivity contribution < 1.29 is 4.42 Å². The van der Waals surface area contributed by atoms with Gasteiger partial charge < -0.3 is 4.42 Å². The van der Waals surface area contributed by atoms with Crippen LogP contribution in [0.1, 0.15) is 0 Å². The third-order valence-corrected chi connectivity index (χ3v) is 8.88. The minimum atomic E-state index is 0.902. The van der Waals surface area contributed by atoms with Gasteiger partial charge in [0.05, 0.1) is 0 Å². The van der Waals surface area contributed by atoms with Crippen LogP contribution in [0.5, 0.6) is 0 Å². The summed E-state index contributed by atoms with van der Waals surface area (Å²) >= 11 is 0. The molecular formula is C42H26O. The molecule has 0 spiro atoms. The number of benzene rings is 8. The lowest BCUT2D eigenvalue weighted by Crippen LogP contribution is -1.92. The van der Waals surface area contributed by atoms with E-state index >= 15 is 0 Å². The van der Waals surface area contributed by atoms with Crippen molar-refractivity contribution in [3.63, 3.8) is 0 Å². The minimum Gasteiger partial charge on any atom is -0.456 e. The van der Waals surface area contributed by atoms with Crippen LogP contribution in [-0.4, -0.2) is 0 Å². The number of fused-ring (bicyclic) bond motifs is 9. The van der Waals surface area contributed by atoms with Gasteiger partial charge >= 0.3 is 0 Å². The van der Waals surface area contributed by atoms with Crippen molar-refractivity contribution in [2.24, 2.45) is 0 Å². The maximum absolute atomic E-state index is 6.49. The van der Waals surface area contributed by atoms with E-state index in [1.54, 1.807) is 0 Å². The molecule has 0 saturated heterocycles. The largest absolute Gasteiger partial charge is 0.456 e. The Morgan fingerprint density at radius 1 is 0.279 bits per heavy atom. The van der Waals surface area contributed by atoms with E-state index in [-0.39, 0.29) is 0 Å². The Morgan fingerprint density at radius 2 is 0.814 bits per heavy atom. The molecule has 0 aliphatic rings. The molecule has 0 atom stereocenters. The second-order valence-corrected chi connectivity index (χ2v) is 11.2. The zero-order chi connectivity index (χ0) is 28.3. The van der Waals surface area contributed by atoms with Gasteiger partial charge in [0.15, 0.2) is 0 Å². The fourth-order valence-electron chi connectivity index (χ4n) is 7.07. The Kier molecular flexibility index (Phi) is 5.27. The standard InChI is InChI=1S/C42H26O/c1-2-13-27(14-3-1)28-15-4-5-16-29(28)35-25-26-39-42(36-21-10-11-24-38(36)43-39)41(35)37-23-12-22-34-32-18-7-6-17-30(32)31-19-8-9-20-33(31)40(34)37/h1-26H. The maximum atomic E-state index is 6.49. The summed E-state index contributed by atoms with van der Waals surface area (Å²) in [5.74, 6) is 0. The van der Waals surface area contributed by atoms with Crippen LogP contribution in [0.15, 0.2) is 162 Å². The van der Waals surface area contributed by atoms with Crippen LogP contribution in [0.4, 0.5) is 0 Å². The van der Waals surface area contributed by atoms with E-state index in [1.165, 1.54) is 65.7 Å². The molecule has 1 heteroatoms. The average Bonchev–Trinajstić information content (AvgIpc) is 3.47. The van der Waals surface area contributed by atoms with Crippen molar-refractivity contribution in [1.82, 2.24) is 0 Å². The highest BCUT2D eigenvalue weighted by Crippen LogP contribution is 2.48. The van der Waals surface area contributed by atoms with Gasteiger partial charge in [0, 0.05) is 16.3 Å². The molecule has 1 heterocycles. The van der Waals surface area contributed by atoms with Gasteiger partial charge in [-0.3, -0.25) is 0 Å². The first-order chi connectivity index (χ1) is 21.4. The Labute approximate surface area is 249 Å². The van der Waals surface area contributed by atoms with Crippen LogP contribution in [0.2, 0.25) is 0 Å². The van der Waals surface area contributed by atoms with Gasteiger partial charge in [0.2, 0.25) is 0 Å². The summed E-state index contributed by atoms with van der Waals surface area (Å²) in [6.45, 7) is 0. The predicted molar refractivity (Wildman–Crippen MR) is 183 cm³/mol. The van der Waals surface area contributed by atoms with Crippen molar-refractivity contribution in [2.45, 2.75) is 0 Å². The molecule has 0 aliphatic carbocycles. The number of hydrogen-bond donors (Lipinski definition) is 0. The lowest BCUT2D eigenvalue weighted by Gasteiger charge is -2.19. The Hall–Kier alpha value is -5.66. The van der Waals surface area contributed by atoms with E-state index in [1.807, 2.05) is 6.07 Å². The summed E-state index contributed by atoms with van der Waals surface area (Å²) < 4.78 is 6.49. The van der Waals surface area contributed by atoms with Gasteiger partial charge in [-0.05, 0) is 78.3 Å². The number of hydrogen-bond acceptors (Lipinski definition) is 1. The minimum absolute atomic E-state index is 0.902. The van der Waals surface area contributed by atoms with E-state index in [0.29, 0.717) is 0 Å². The smallest absolute Gasteiger partial charge is 0.136 e. The first kappa shape index (κ1) is 24.0. The topological polar surface area (TPSA) is 13.1 Å². The fraction of sp³-hybridized carbons (Fsp3) is 0. The van der Waals surface area contributed by atoms with E-state index in [9.17, 15) is 0 Å². The molecule has 1 nitrogen and oxygen atoms in total. The van der Waals surface area contributed by atoms with E-state index in [2.05, 4.69) is 152 Å².